The molecule has 3 aromatic rings. The molecule has 0 bridgehead atoms. The molecule has 184 valence electrons. The number of ether oxygens (including phenoxy) is 3. The predicted octanol–water partition coefficient (Wildman–Crippen LogP) is 8.29. The van der Waals surface area contributed by atoms with Gasteiger partial charge in [-0.1, -0.05) is 79.5 Å². The molecule has 3 aromatic carbocycles. The average Bonchev–Trinajstić information content (AvgIpc) is 3.37. The molecule has 1 saturated carbocycles. The molecule has 0 spiro atoms. The lowest BCUT2D eigenvalue weighted by atomic mass is 10.1. The van der Waals surface area contributed by atoms with E-state index in [1.807, 2.05) is 26.0 Å². The van der Waals surface area contributed by atoms with Crippen molar-refractivity contribution in [3.8, 4) is 17.6 Å². The van der Waals surface area contributed by atoms with Crippen LogP contribution in [-0.2, 0) is 9.47 Å². The van der Waals surface area contributed by atoms with Crippen molar-refractivity contribution >= 4 is 34.4 Å². The SMILES string of the molecule is CC1(C)[C@H](/C=C(/Cl)c2ccc(Cl)cc2)[C@H]1OC(=O)OC(C#N)c1ccc(F)c(Oc2ccccc2)c1. The van der Waals surface area contributed by atoms with Gasteiger partial charge in [0.2, 0.25) is 6.10 Å². The van der Waals surface area contributed by atoms with Crippen LogP contribution in [0.25, 0.3) is 5.03 Å². The van der Waals surface area contributed by atoms with Crippen molar-refractivity contribution in [3.63, 3.8) is 0 Å². The summed E-state index contributed by atoms with van der Waals surface area (Å²) in [5.74, 6) is -0.435. The lowest BCUT2D eigenvalue weighted by molar-refractivity contribution is 0.0255. The summed E-state index contributed by atoms with van der Waals surface area (Å²) in [4.78, 5) is 12.5. The third kappa shape index (κ3) is 5.81. The molecule has 0 heterocycles. The minimum Gasteiger partial charge on any atom is -0.454 e. The quantitative estimate of drug-likeness (QED) is 0.290. The van der Waals surface area contributed by atoms with Gasteiger partial charge in [-0.05, 0) is 42.0 Å². The van der Waals surface area contributed by atoms with E-state index in [-0.39, 0.29) is 22.6 Å². The Morgan fingerprint density at radius 1 is 1.11 bits per heavy atom. The van der Waals surface area contributed by atoms with Crippen LogP contribution in [0.15, 0.2) is 78.9 Å². The van der Waals surface area contributed by atoms with E-state index < -0.39 is 24.2 Å². The Morgan fingerprint density at radius 3 is 2.47 bits per heavy atom. The van der Waals surface area contributed by atoms with Crippen molar-refractivity contribution in [2.24, 2.45) is 11.3 Å². The van der Waals surface area contributed by atoms with Gasteiger partial charge >= 0.3 is 6.16 Å². The number of para-hydroxylation sites is 1. The zero-order valence-electron chi connectivity index (χ0n) is 19.5. The molecule has 0 N–H and O–H groups in total. The first-order chi connectivity index (χ1) is 17.2. The fourth-order valence-electron chi connectivity index (χ4n) is 3.79. The summed E-state index contributed by atoms with van der Waals surface area (Å²) in [7, 11) is 0. The van der Waals surface area contributed by atoms with Crippen LogP contribution >= 0.6 is 23.2 Å². The third-order valence-electron chi connectivity index (χ3n) is 6.04. The van der Waals surface area contributed by atoms with E-state index in [1.54, 1.807) is 54.6 Å². The van der Waals surface area contributed by atoms with Crippen LogP contribution in [0.5, 0.6) is 11.5 Å². The molecule has 8 heteroatoms. The summed E-state index contributed by atoms with van der Waals surface area (Å²) < 4.78 is 30.6. The number of hydrogen-bond donors (Lipinski definition) is 0. The molecule has 1 unspecified atom stereocenters. The second-order valence-corrected chi connectivity index (χ2v) is 9.73. The number of rotatable bonds is 7. The van der Waals surface area contributed by atoms with Gasteiger partial charge in [-0.3, -0.25) is 0 Å². The summed E-state index contributed by atoms with van der Waals surface area (Å²) in [6, 6.07) is 21.4. The van der Waals surface area contributed by atoms with Crippen LogP contribution in [0.2, 0.25) is 5.02 Å². The van der Waals surface area contributed by atoms with E-state index in [9.17, 15) is 14.4 Å². The topological polar surface area (TPSA) is 68.5 Å². The highest BCUT2D eigenvalue weighted by molar-refractivity contribution is 6.48. The third-order valence-corrected chi connectivity index (χ3v) is 6.64. The van der Waals surface area contributed by atoms with Crippen LogP contribution in [-0.4, -0.2) is 12.3 Å². The standard InChI is InChI=1S/C28H22Cl2FNO4/c1-28(2)21(15-22(30)17-8-11-19(29)12-9-17)26(28)36-27(33)35-25(16-32)18-10-13-23(31)24(14-18)34-20-6-4-3-5-7-20/h3-15,21,25-26H,1-2H3/b22-15+/t21-,25?,26-/m1/s1. The Bertz CT molecular complexity index is 1320. The highest BCUT2D eigenvalue weighted by Crippen LogP contribution is 2.56. The van der Waals surface area contributed by atoms with Crippen molar-refractivity contribution in [2.45, 2.75) is 26.1 Å². The predicted molar refractivity (Wildman–Crippen MR) is 135 cm³/mol. The Hall–Kier alpha value is -3.53. The molecule has 4 rings (SSSR count). The molecule has 1 fully saturated rings. The summed E-state index contributed by atoms with van der Waals surface area (Å²) >= 11 is 12.4. The van der Waals surface area contributed by atoms with E-state index in [4.69, 9.17) is 37.4 Å². The van der Waals surface area contributed by atoms with E-state index in [0.29, 0.717) is 15.8 Å². The molecule has 1 aliphatic rings. The van der Waals surface area contributed by atoms with Crippen LogP contribution < -0.4 is 4.74 Å². The smallest absolute Gasteiger partial charge is 0.454 e. The number of carbonyl (C=O) groups excluding carboxylic acids is 1. The number of benzene rings is 3. The van der Waals surface area contributed by atoms with Crippen LogP contribution in [0.1, 0.15) is 31.1 Å². The van der Waals surface area contributed by atoms with Gasteiger partial charge in [0.15, 0.2) is 11.6 Å². The molecule has 0 aromatic heterocycles. The first-order valence-electron chi connectivity index (χ1n) is 11.1. The highest BCUT2D eigenvalue weighted by Gasteiger charge is 2.60. The normalized spacial score (nSPS) is 19.1. The van der Waals surface area contributed by atoms with Gasteiger partial charge in [0, 0.05) is 27.0 Å². The maximum atomic E-state index is 14.3. The molecule has 36 heavy (non-hydrogen) atoms. The Labute approximate surface area is 218 Å². The van der Waals surface area contributed by atoms with Gasteiger partial charge in [0.05, 0.1) is 0 Å². The molecule has 3 atom stereocenters. The fourth-order valence-corrected chi connectivity index (χ4v) is 4.18. The molecule has 5 nitrogen and oxygen atoms in total. The lowest BCUT2D eigenvalue weighted by Gasteiger charge is -2.14. The van der Waals surface area contributed by atoms with Crippen LogP contribution in [0.3, 0.4) is 0 Å². The number of nitrogens with zero attached hydrogens (tertiary/aromatic N) is 1. The number of carbonyl (C=O) groups is 1. The summed E-state index contributed by atoms with van der Waals surface area (Å²) in [6.07, 6.45) is -0.981. The first-order valence-corrected chi connectivity index (χ1v) is 11.9. The monoisotopic (exact) mass is 525 g/mol. The van der Waals surface area contributed by atoms with Gasteiger partial charge in [-0.25, -0.2) is 9.18 Å². The van der Waals surface area contributed by atoms with Crippen molar-refractivity contribution in [1.29, 1.82) is 5.26 Å². The van der Waals surface area contributed by atoms with Crippen molar-refractivity contribution < 1.29 is 23.4 Å². The van der Waals surface area contributed by atoms with Gasteiger partial charge in [0.1, 0.15) is 17.9 Å². The van der Waals surface area contributed by atoms with Gasteiger partial charge in [-0.15, -0.1) is 0 Å². The summed E-state index contributed by atoms with van der Waals surface area (Å²) in [5.41, 5.74) is 0.666. The second-order valence-electron chi connectivity index (χ2n) is 8.89. The van der Waals surface area contributed by atoms with Gasteiger partial charge in [0.25, 0.3) is 0 Å². The lowest BCUT2D eigenvalue weighted by Crippen LogP contribution is -2.15. The zero-order valence-corrected chi connectivity index (χ0v) is 21.0. The average molecular weight is 526 g/mol. The van der Waals surface area contributed by atoms with Crippen molar-refractivity contribution in [3.05, 3.63) is 101 Å². The molecular formula is C28H22Cl2FNO4. The Morgan fingerprint density at radius 2 is 1.81 bits per heavy atom. The van der Waals surface area contributed by atoms with Gasteiger partial charge in [-0.2, -0.15) is 5.26 Å². The molecule has 1 aliphatic carbocycles. The maximum Gasteiger partial charge on any atom is 0.510 e. The molecule has 0 amide bonds. The summed E-state index contributed by atoms with van der Waals surface area (Å²) in [5, 5.41) is 10.7. The van der Waals surface area contributed by atoms with Gasteiger partial charge < -0.3 is 14.2 Å². The minimum absolute atomic E-state index is 0.0960. The Kier molecular flexibility index (Phi) is 7.53. The number of nitriles is 1. The van der Waals surface area contributed by atoms with E-state index in [2.05, 4.69) is 0 Å². The Balaban J connectivity index is 1.42. The van der Waals surface area contributed by atoms with Crippen LogP contribution in [0.4, 0.5) is 9.18 Å². The minimum atomic E-state index is -1.32. The molecule has 0 radical (unpaired) electrons. The number of halogens is 3. The van der Waals surface area contributed by atoms with E-state index in [0.717, 1.165) is 11.6 Å². The molecule has 0 aliphatic heterocycles. The largest absolute Gasteiger partial charge is 0.510 e. The van der Waals surface area contributed by atoms with Crippen LogP contribution in [0, 0.1) is 28.5 Å². The van der Waals surface area contributed by atoms with E-state index in [1.165, 1.54) is 12.1 Å². The maximum absolute atomic E-state index is 14.3. The highest BCUT2D eigenvalue weighted by atomic mass is 35.5. The van der Waals surface area contributed by atoms with E-state index >= 15 is 0 Å². The molecule has 0 saturated heterocycles. The first kappa shape index (κ1) is 25.6. The second kappa shape index (κ2) is 10.6. The van der Waals surface area contributed by atoms with Crippen molar-refractivity contribution in [2.75, 3.05) is 0 Å². The number of hydrogen-bond acceptors (Lipinski definition) is 5. The fraction of sp³-hybridized carbons (Fsp3) is 0.214. The summed E-state index contributed by atoms with van der Waals surface area (Å²) in [6.45, 7) is 3.88. The molecular weight excluding hydrogens is 504 g/mol. The zero-order chi connectivity index (χ0) is 25.9. The van der Waals surface area contributed by atoms with Crippen molar-refractivity contribution in [1.82, 2.24) is 0 Å².